The van der Waals surface area contributed by atoms with Crippen molar-refractivity contribution in [2.24, 2.45) is 0 Å². The molecule has 0 saturated heterocycles. The Hall–Kier alpha value is -2.95. The molecule has 5 heteroatoms. The monoisotopic (exact) mass is 319 g/mol. The molecule has 0 spiro atoms. The number of aryl methyl sites for hydroxylation is 3. The maximum absolute atomic E-state index is 4.49. The topological polar surface area (TPSA) is 62.7 Å². The molecule has 0 bridgehead atoms. The maximum Gasteiger partial charge on any atom is 0.136 e. The molecule has 0 amide bonds. The Morgan fingerprint density at radius 1 is 0.875 bits per heavy atom. The van der Waals surface area contributed by atoms with E-state index in [0.717, 1.165) is 28.8 Å². The quantitative estimate of drug-likeness (QED) is 0.739. The van der Waals surface area contributed by atoms with E-state index in [0.29, 0.717) is 6.54 Å². The Kier molecular flexibility index (Phi) is 4.70. The van der Waals surface area contributed by atoms with Gasteiger partial charge in [-0.15, -0.1) is 0 Å². The average Bonchev–Trinajstić information content (AvgIpc) is 2.57. The number of hydrogen-bond donors (Lipinski definition) is 2. The minimum absolute atomic E-state index is 0.625. The van der Waals surface area contributed by atoms with Gasteiger partial charge in [0.25, 0.3) is 0 Å². The van der Waals surface area contributed by atoms with E-state index in [-0.39, 0.29) is 0 Å². The van der Waals surface area contributed by atoms with Crippen molar-refractivity contribution < 1.29 is 0 Å². The number of nitrogens with one attached hydrogen (secondary N) is 2. The van der Waals surface area contributed by atoms with Gasteiger partial charge in [-0.1, -0.05) is 24.3 Å². The standard InChI is InChI=1S/C19H21N5/c1-13-7-6-8-14(2)19(13)24-18-11-17(22-15(3)23-18)21-12-16-9-4-5-10-20-16/h4-11H,12H2,1-3H3,(H2,21,22,23,24). The lowest BCUT2D eigenvalue weighted by atomic mass is 10.1. The molecule has 122 valence electrons. The average molecular weight is 319 g/mol. The Bertz CT molecular complexity index is 810. The van der Waals surface area contributed by atoms with Gasteiger partial charge in [0.15, 0.2) is 0 Å². The summed E-state index contributed by atoms with van der Waals surface area (Å²) in [6.45, 7) is 6.69. The largest absolute Gasteiger partial charge is 0.364 e. The van der Waals surface area contributed by atoms with Crippen molar-refractivity contribution in [3.8, 4) is 0 Å². The second-order valence-corrected chi connectivity index (χ2v) is 5.75. The molecule has 1 aromatic carbocycles. The van der Waals surface area contributed by atoms with Crippen molar-refractivity contribution >= 4 is 17.3 Å². The third kappa shape index (κ3) is 3.87. The van der Waals surface area contributed by atoms with Gasteiger partial charge >= 0.3 is 0 Å². The molecule has 3 aromatic rings. The molecule has 2 aromatic heterocycles. The number of nitrogens with zero attached hydrogens (tertiary/aromatic N) is 3. The van der Waals surface area contributed by atoms with Crippen LogP contribution in [0.15, 0.2) is 48.7 Å². The number of anilines is 3. The number of pyridine rings is 1. The second kappa shape index (κ2) is 7.08. The van der Waals surface area contributed by atoms with Gasteiger partial charge < -0.3 is 10.6 Å². The predicted molar refractivity (Wildman–Crippen MR) is 97.5 cm³/mol. The smallest absolute Gasteiger partial charge is 0.136 e. The zero-order valence-electron chi connectivity index (χ0n) is 14.2. The van der Waals surface area contributed by atoms with Crippen LogP contribution >= 0.6 is 0 Å². The van der Waals surface area contributed by atoms with Crippen LogP contribution in [0.1, 0.15) is 22.6 Å². The first-order valence-corrected chi connectivity index (χ1v) is 7.94. The van der Waals surface area contributed by atoms with Crippen molar-refractivity contribution in [1.82, 2.24) is 15.0 Å². The number of rotatable bonds is 5. The zero-order valence-corrected chi connectivity index (χ0v) is 14.2. The molecule has 0 saturated carbocycles. The molecular formula is C19H21N5. The van der Waals surface area contributed by atoms with Crippen LogP contribution in [-0.4, -0.2) is 15.0 Å². The van der Waals surface area contributed by atoms with Crippen molar-refractivity contribution in [1.29, 1.82) is 0 Å². The van der Waals surface area contributed by atoms with Crippen LogP contribution < -0.4 is 10.6 Å². The fourth-order valence-electron chi connectivity index (χ4n) is 2.55. The maximum atomic E-state index is 4.49. The van der Waals surface area contributed by atoms with Crippen molar-refractivity contribution in [3.63, 3.8) is 0 Å². The SMILES string of the molecule is Cc1nc(NCc2ccccn2)cc(Nc2c(C)cccc2C)n1. The first-order chi connectivity index (χ1) is 11.6. The van der Waals surface area contributed by atoms with E-state index in [9.17, 15) is 0 Å². The Morgan fingerprint density at radius 2 is 1.62 bits per heavy atom. The summed E-state index contributed by atoms with van der Waals surface area (Å²) in [4.78, 5) is 13.2. The van der Waals surface area contributed by atoms with Crippen LogP contribution in [0.3, 0.4) is 0 Å². The van der Waals surface area contributed by atoms with Crippen molar-refractivity contribution in [2.75, 3.05) is 10.6 Å². The molecule has 3 rings (SSSR count). The Balaban J connectivity index is 1.79. The zero-order chi connectivity index (χ0) is 16.9. The van der Waals surface area contributed by atoms with Gasteiger partial charge in [-0.2, -0.15) is 0 Å². The predicted octanol–water partition coefficient (Wildman–Crippen LogP) is 4.15. The minimum Gasteiger partial charge on any atom is -0.364 e. The molecule has 24 heavy (non-hydrogen) atoms. The van der Waals surface area contributed by atoms with Gasteiger partial charge in [-0.05, 0) is 44.0 Å². The van der Waals surface area contributed by atoms with Gasteiger partial charge in [-0.3, -0.25) is 4.98 Å². The Labute approximate surface area is 142 Å². The van der Waals surface area contributed by atoms with E-state index >= 15 is 0 Å². The summed E-state index contributed by atoms with van der Waals surface area (Å²) in [6.07, 6.45) is 1.79. The van der Waals surface area contributed by atoms with Crippen LogP contribution in [0.2, 0.25) is 0 Å². The number of hydrogen-bond acceptors (Lipinski definition) is 5. The first-order valence-electron chi connectivity index (χ1n) is 7.94. The summed E-state index contributed by atoms with van der Waals surface area (Å²) >= 11 is 0. The molecule has 0 unspecified atom stereocenters. The molecule has 5 nitrogen and oxygen atoms in total. The summed E-state index contributed by atoms with van der Waals surface area (Å²) in [5, 5.41) is 6.72. The summed E-state index contributed by atoms with van der Waals surface area (Å²) < 4.78 is 0. The summed E-state index contributed by atoms with van der Waals surface area (Å²) in [7, 11) is 0. The van der Waals surface area contributed by atoms with Crippen molar-refractivity contribution in [2.45, 2.75) is 27.3 Å². The molecule has 2 N–H and O–H groups in total. The summed E-state index contributed by atoms with van der Waals surface area (Å²) in [6, 6.07) is 14.0. The molecule has 0 fully saturated rings. The highest BCUT2D eigenvalue weighted by molar-refractivity contribution is 5.65. The molecule has 0 aliphatic carbocycles. The fourth-order valence-corrected chi connectivity index (χ4v) is 2.55. The molecule has 2 heterocycles. The molecular weight excluding hydrogens is 298 g/mol. The van der Waals surface area contributed by atoms with Gasteiger partial charge in [0, 0.05) is 18.0 Å². The highest BCUT2D eigenvalue weighted by Crippen LogP contribution is 2.24. The van der Waals surface area contributed by atoms with Gasteiger partial charge in [0.1, 0.15) is 17.5 Å². The number of benzene rings is 1. The minimum atomic E-state index is 0.625. The van der Waals surface area contributed by atoms with E-state index < -0.39 is 0 Å². The van der Waals surface area contributed by atoms with Crippen LogP contribution in [0.25, 0.3) is 0 Å². The molecule has 0 radical (unpaired) electrons. The van der Waals surface area contributed by atoms with E-state index in [1.807, 2.05) is 31.2 Å². The lowest BCUT2D eigenvalue weighted by Gasteiger charge is -2.13. The van der Waals surface area contributed by atoms with E-state index in [1.165, 1.54) is 11.1 Å². The van der Waals surface area contributed by atoms with Crippen LogP contribution in [-0.2, 0) is 6.54 Å². The first kappa shape index (κ1) is 15.9. The van der Waals surface area contributed by atoms with Crippen LogP contribution in [0.5, 0.6) is 0 Å². The van der Waals surface area contributed by atoms with Gasteiger partial charge in [0.05, 0.1) is 12.2 Å². The van der Waals surface area contributed by atoms with E-state index in [4.69, 9.17) is 0 Å². The van der Waals surface area contributed by atoms with Crippen LogP contribution in [0, 0.1) is 20.8 Å². The van der Waals surface area contributed by atoms with E-state index in [2.05, 4.69) is 57.6 Å². The highest BCUT2D eigenvalue weighted by Gasteiger charge is 2.06. The van der Waals surface area contributed by atoms with Crippen molar-refractivity contribution in [3.05, 3.63) is 71.3 Å². The Morgan fingerprint density at radius 3 is 2.33 bits per heavy atom. The highest BCUT2D eigenvalue weighted by atomic mass is 15.1. The lowest BCUT2D eigenvalue weighted by Crippen LogP contribution is -2.06. The van der Waals surface area contributed by atoms with E-state index in [1.54, 1.807) is 6.20 Å². The van der Waals surface area contributed by atoms with Crippen LogP contribution in [0.4, 0.5) is 17.3 Å². The molecule has 0 aliphatic rings. The normalized spacial score (nSPS) is 10.5. The summed E-state index contributed by atoms with van der Waals surface area (Å²) in [5.74, 6) is 2.28. The number of aromatic nitrogens is 3. The second-order valence-electron chi connectivity index (χ2n) is 5.75. The molecule has 0 aliphatic heterocycles. The van der Waals surface area contributed by atoms with Gasteiger partial charge in [0.2, 0.25) is 0 Å². The fraction of sp³-hybridized carbons (Fsp3) is 0.211. The third-order valence-electron chi connectivity index (χ3n) is 3.75. The third-order valence-corrected chi connectivity index (χ3v) is 3.75. The lowest BCUT2D eigenvalue weighted by molar-refractivity contribution is 0.996. The molecule has 0 atom stereocenters. The van der Waals surface area contributed by atoms with Gasteiger partial charge in [-0.25, -0.2) is 9.97 Å². The summed E-state index contributed by atoms with van der Waals surface area (Å²) in [5.41, 5.74) is 4.44. The number of para-hydroxylation sites is 1.